The van der Waals surface area contributed by atoms with Crippen LogP contribution in [0.1, 0.15) is 17.3 Å². The molecule has 0 bridgehead atoms. The molecule has 3 nitrogen and oxygen atoms in total. The van der Waals surface area contributed by atoms with E-state index in [2.05, 4.69) is 27.9 Å². The molecule has 0 saturated carbocycles. The molecule has 1 amide bonds. The standard InChI is InChI=1S/C11H13ClINO2/c1-2-16-6-5-14-11(15)8-3-4-10(13)9(12)7-8/h3-4,7H,2,5-6H2,1H3,(H,14,15). The first-order valence-electron chi connectivity index (χ1n) is 4.96. The number of ether oxygens (including phenoxy) is 1. The molecule has 5 heteroatoms. The Balaban J connectivity index is 2.50. The van der Waals surface area contributed by atoms with Gasteiger partial charge in [-0.3, -0.25) is 4.79 Å². The van der Waals surface area contributed by atoms with Crippen molar-refractivity contribution in [3.05, 3.63) is 32.4 Å². The van der Waals surface area contributed by atoms with E-state index in [0.29, 0.717) is 30.3 Å². The number of hydrogen-bond acceptors (Lipinski definition) is 2. The highest BCUT2D eigenvalue weighted by Gasteiger charge is 2.06. The van der Waals surface area contributed by atoms with Crippen molar-refractivity contribution < 1.29 is 9.53 Å². The Morgan fingerprint density at radius 3 is 2.94 bits per heavy atom. The minimum absolute atomic E-state index is 0.127. The zero-order chi connectivity index (χ0) is 12.0. The number of nitrogens with one attached hydrogen (secondary N) is 1. The van der Waals surface area contributed by atoms with Gasteiger partial charge >= 0.3 is 0 Å². The fraction of sp³-hybridized carbons (Fsp3) is 0.364. The van der Waals surface area contributed by atoms with Gasteiger partial charge in [-0.15, -0.1) is 0 Å². The Labute approximate surface area is 114 Å². The van der Waals surface area contributed by atoms with Gasteiger partial charge in [0.05, 0.1) is 11.6 Å². The summed E-state index contributed by atoms with van der Waals surface area (Å²) in [5.74, 6) is -0.127. The molecular weight excluding hydrogens is 340 g/mol. The van der Waals surface area contributed by atoms with Crippen LogP contribution in [0.3, 0.4) is 0 Å². The lowest BCUT2D eigenvalue weighted by molar-refractivity contribution is 0.0922. The second-order valence-electron chi connectivity index (χ2n) is 3.08. The van der Waals surface area contributed by atoms with Crippen molar-refractivity contribution in [3.8, 4) is 0 Å². The van der Waals surface area contributed by atoms with Crippen molar-refractivity contribution >= 4 is 40.1 Å². The van der Waals surface area contributed by atoms with Crippen LogP contribution in [-0.2, 0) is 4.74 Å². The maximum Gasteiger partial charge on any atom is 0.251 e. The third-order valence-electron chi connectivity index (χ3n) is 1.92. The molecule has 0 aliphatic rings. The van der Waals surface area contributed by atoms with Crippen LogP contribution >= 0.6 is 34.2 Å². The number of benzene rings is 1. The van der Waals surface area contributed by atoms with Gasteiger partial charge in [0.25, 0.3) is 5.91 Å². The van der Waals surface area contributed by atoms with Gasteiger partial charge in [0, 0.05) is 22.3 Å². The average molecular weight is 354 g/mol. The molecule has 0 aliphatic carbocycles. The quantitative estimate of drug-likeness (QED) is 0.653. The Bertz CT molecular complexity index is 371. The van der Waals surface area contributed by atoms with Crippen LogP contribution in [0.5, 0.6) is 0 Å². The topological polar surface area (TPSA) is 38.3 Å². The maximum atomic E-state index is 11.6. The monoisotopic (exact) mass is 353 g/mol. The molecule has 88 valence electrons. The maximum absolute atomic E-state index is 11.6. The normalized spacial score (nSPS) is 10.2. The van der Waals surface area contributed by atoms with E-state index in [1.807, 2.05) is 13.0 Å². The number of carbonyl (C=O) groups excluding carboxylic acids is 1. The molecule has 0 heterocycles. The number of rotatable bonds is 5. The molecule has 0 aromatic heterocycles. The summed E-state index contributed by atoms with van der Waals surface area (Å²) in [5, 5.41) is 3.35. The molecular formula is C11H13ClINO2. The van der Waals surface area contributed by atoms with E-state index in [4.69, 9.17) is 16.3 Å². The fourth-order valence-corrected chi connectivity index (χ4v) is 1.64. The molecule has 0 atom stereocenters. The second kappa shape index (κ2) is 7.09. The van der Waals surface area contributed by atoms with Crippen LogP contribution in [0, 0.1) is 3.57 Å². The first-order valence-corrected chi connectivity index (χ1v) is 6.41. The highest BCUT2D eigenvalue weighted by Crippen LogP contribution is 2.19. The van der Waals surface area contributed by atoms with Gasteiger partial charge in [0.15, 0.2) is 0 Å². The van der Waals surface area contributed by atoms with E-state index in [0.717, 1.165) is 3.57 Å². The molecule has 1 N–H and O–H groups in total. The molecule has 0 aliphatic heterocycles. The number of halogens is 2. The van der Waals surface area contributed by atoms with Gasteiger partial charge in [0.2, 0.25) is 0 Å². The second-order valence-corrected chi connectivity index (χ2v) is 4.65. The van der Waals surface area contributed by atoms with E-state index < -0.39 is 0 Å². The molecule has 0 radical (unpaired) electrons. The summed E-state index contributed by atoms with van der Waals surface area (Å²) in [6.45, 7) is 3.61. The van der Waals surface area contributed by atoms with Gasteiger partial charge < -0.3 is 10.1 Å². The Morgan fingerprint density at radius 1 is 1.56 bits per heavy atom. The van der Waals surface area contributed by atoms with Crippen molar-refractivity contribution in [2.24, 2.45) is 0 Å². The Morgan fingerprint density at radius 2 is 2.31 bits per heavy atom. The molecule has 1 aromatic rings. The lowest BCUT2D eigenvalue weighted by Gasteiger charge is -2.06. The van der Waals surface area contributed by atoms with Gasteiger partial charge in [0.1, 0.15) is 0 Å². The Kier molecular flexibility index (Phi) is 6.08. The van der Waals surface area contributed by atoms with Crippen molar-refractivity contribution in [1.29, 1.82) is 0 Å². The fourth-order valence-electron chi connectivity index (χ4n) is 1.12. The van der Waals surface area contributed by atoms with Crippen molar-refractivity contribution in [1.82, 2.24) is 5.32 Å². The van der Waals surface area contributed by atoms with Gasteiger partial charge in [-0.2, -0.15) is 0 Å². The highest BCUT2D eigenvalue weighted by molar-refractivity contribution is 14.1. The van der Waals surface area contributed by atoms with Crippen LogP contribution in [0.25, 0.3) is 0 Å². The number of hydrogen-bond donors (Lipinski definition) is 1. The van der Waals surface area contributed by atoms with Gasteiger partial charge in [-0.05, 0) is 47.7 Å². The first-order chi connectivity index (χ1) is 7.65. The van der Waals surface area contributed by atoms with E-state index in [1.54, 1.807) is 12.1 Å². The molecule has 0 saturated heterocycles. The van der Waals surface area contributed by atoms with Crippen molar-refractivity contribution in [3.63, 3.8) is 0 Å². The SMILES string of the molecule is CCOCCNC(=O)c1ccc(I)c(Cl)c1. The predicted octanol–water partition coefficient (Wildman–Crippen LogP) is 2.71. The third-order valence-corrected chi connectivity index (χ3v) is 3.49. The lowest BCUT2D eigenvalue weighted by Crippen LogP contribution is -2.27. The lowest BCUT2D eigenvalue weighted by atomic mass is 10.2. The zero-order valence-corrected chi connectivity index (χ0v) is 11.8. The summed E-state index contributed by atoms with van der Waals surface area (Å²) in [6.07, 6.45) is 0. The largest absolute Gasteiger partial charge is 0.380 e. The molecule has 1 aromatic carbocycles. The van der Waals surface area contributed by atoms with Crippen LogP contribution in [-0.4, -0.2) is 25.7 Å². The van der Waals surface area contributed by atoms with Crippen LogP contribution in [0.15, 0.2) is 18.2 Å². The third kappa shape index (κ3) is 4.27. The average Bonchev–Trinajstić information content (AvgIpc) is 2.28. The summed E-state index contributed by atoms with van der Waals surface area (Å²) in [5.41, 5.74) is 0.571. The van der Waals surface area contributed by atoms with Crippen LogP contribution < -0.4 is 5.32 Å². The minimum atomic E-state index is -0.127. The summed E-state index contributed by atoms with van der Waals surface area (Å²) < 4.78 is 6.06. The molecule has 0 unspecified atom stereocenters. The summed E-state index contributed by atoms with van der Waals surface area (Å²) in [6, 6.07) is 5.24. The molecule has 1 rings (SSSR count). The minimum Gasteiger partial charge on any atom is -0.380 e. The van der Waals surface area contributed by atoms with E-state index in [-0.39, 0.29) is 5.91 Å². The molecule has 0 fully saturated rings. The highest BCUT2D eigenvalue weighted by atomic mass is 127. The zero-order valence-electron chi connectivity index (χ0n) is 8.93. The summed E-state index contributed by atoms with van der Waals surface area (Å²) >= 11 is 8.05. The van der Waals surface area contributed by atoms with Crippen molar-refractivity contribution in [2.45, 2.75) is 6.92 Å². The van der Waals surface area contributed by atoms with E-state index in [9.17, 15) is 4.79 Å². The summed E-state index contributed by atoms with van der Waals surface area (Å²) in [7, 11) is 0. The number of carbonyl (C=O) groups is 1. The van der Waals surface area contributed by atoms with Crippen LogP contribution in [0.2, 0.25) is 5.02 Å². The smallest absolute Gasteiger partial charge is 0.251 e. The molecule has 16 heavy (non-hydrogen) atoms. The van der Waals surface area contributed by atoms with Crippen LogP contribution in [0.4, 0.5) is 0 Å². The van der Waals surface area contributed by atoms with Gasteiger partial charge in [-0.1, -0.05) is 11.6 Å². The van der Waals surface area contributed by atoms with E-state index in [1.165, 1.54) is 0 Å². The number of amides is 1. The summed E-state index contributed by atoms with van der Waals surface area (Å²) in [4.78, 5) is 11.6. The van der Waals surface area contributed by atoms with E-state index >= 15 is 0 Å². The first kappa shape index (κ1) is 13.7. The Hall–Kier alpha value is -0.330. The predicted molar refractivity (Wildman–Crippen MR) is 73.0 cm³/mol. The van der Waals surface area contributed by atoms with Gasteiger partial charge in [-0.25, -0.2) is 0 Å². The molecule has 0 spiro atoms. The van der Waals surface area contributed by atoms with Crippen molar-refractivity contribution in [2.75, 3.05) is 19.8 Å².